The largest absolute Gasteiger partial charge is 0.380 e. The summed E-state index contributed by atoms with van der Waals surface area (Å²) in [6, 6.07) is 3.55. The molecule has 0 saturated heterocycles. The van der Waals surface area contributed by atoms with Gasteiger partial charge in [0, 0.05) is 26.7 Å². The van der Waals surface area contributed by atoms with E-state index in [2.05, 4.69) is 15.5 Å². The number of ether oxygens (including phenoxy) is 1. The smallest absolute Gasteiger partial charge is 0.273 e. The molecule has 0 bridgehead atoms. The van der Waals surface area contributed by atoms with Crippen molar-refractivity contribution in [3.63, 3.8) is 0 Å². The Kier molecular flexibility index (Phi) is 5.51. The van der Waals surface area contributed by atoms with E-state index in [9.17, 15) is 4.79 Å². The van der Waals surface area contributed by atoms with E-state index in [1.165, 1.54) is 4.90 Å². The number of nitrogens with one attached hydrogen (secondary N) is 1. The van der Waals surface area contributed by atoms with Gasteiger partial charge in [-0.15, -0.1) is 10.2 Å². The first-order chi connectivity index (χ1) is 8.54. The number of amides is 1. The molecular weight excluding hydrogens is 232 g/mol. The summed E-state index contributed by atoms with van der Waals surface area (Å²) in [7, 11) is 3.36. The van der Waals surface area contributed by atoms with E-state index in [1.54, 1.807) is 26.2 Å². The first kappa shape index (κ1) is 14.4. The maximum atomic E-state index is 11.6. The molecule has 1 aromatic heterocycles. The minimum absolute atomic E-state index is 0.148. The second-order valence-corrected chi connectivity index (χ2v) is 4.21. The predicted molar refractivity (Wildman–Crippen MR) is 69.6 cm³/mol. The summed E-state index contributed by atoms with van der Waals surface area (Å²) in [6.07, 6.45) is 0. The van der Waals surface area contributed by atoms with Gasteiger partial charge in [-0.3, -0.25) is 4.79 Å². The molecule has 0 aliphatic heterocycles. The minimum Gasteiger partial charge on any atom is -0.380 e. The Hall–Kier alpha value is -1.69. The number of rotatable bonds is 6. The quantitative estimate of drug-likeness (QED) is 0.818. The third-order valence-corrected chi connectivity index (χ3v) is 2.26. The first-order valence-corrected chi connectivity index (χ1v) is 5.94. The van der Waals surface area contributed by atoms with E-state index in [0.717, 1.165) is 0 Å². The van der Waals surface area contributed by atoms with Crippen molar-refractivity contribution in [3.05, 3.63) is 17.8 Å². The van der Waals surface area contributed by atoms with Crippen molar-refractivity contribution in [1.29, 1.82) is 0 Å². The molecule has 100 valence electrons. The van der Waals surface area contributed by atoms with Gasteiger partial charge >= 0.3 is 0 Å². The molecule has 1 N–H and O–H groups in total. The third kappa shape index (κ3) is 4.29. The monoisotopic (exact) mass is 252 g/mol. The summed E-state index contributed by atoms with van der Waals surface area (Å²) in [5, 5.41) is 11.0. The second kappa shape index (κ2) is 6.90. The zero-order valence-electron chi connectivity index (χ0n) is 11.3. The van der Waals surface area contributed by atoms with Crippen molar-refractivity contribution in [3.8, 4) is 0 Å². The summed E-state index contributed by atoms with van der Waals surface area (Å²) in [6.45, 7) is 5.24. The fourth-order valence-electron chi connectivity index (χ4n) is 1.34. The Bertz CT molecular complexity index is 378. The molecule has 1 heterocycles. The molecule has 0 fully saturated rings. The second-order valence-electron chi connectivity index (χ2n) is 4.21. The van der Waals surface area contributed by atoms with Gasteiger partial charge in [-0.25, -0.2) is 0 Å². The van der Waals surface area contributed by atoms with Gasteiger partial charge in [0.1, 0.15) is 5.82 Å². The predicted octanol–water partition coefficient (Wildman–Crippen LogP) is 1.02. The zero-order valence-corrected chi connectivity index (χ0v) is 11.3. The van der Waals surface area contributed by atoms with Gasteiger partial charge in [-0.2, -0.15) is 0 Å². The minimum atomic E-state index is -0.156. The van der Waals surface area contributed by atoms with Crippen LogP contribution in [0.5, 0.6) is 0 Å². The van der Waals surface area contributed by atoms with Crippen LogP contribution in [-0.2, 0) is 4.74 Å². The van der Waals surface area contributed by atoms with Gasteiger partial charge in [-0.1, -0.05) is 0 Å². The van der Waals surface area contributed by atoms with Crippen LogP contribution in [0.3, 0.4) is 0 Å². The maximum absolute atomic E-state index is 11.6. The van der Waals surface area contributed by atoms with Crippen molar-refractivity contribution in [2.24, 2.45) is 0 Å². The molecule has 1 amide bonds. The van der Waals surface area contributed by atoms with Crippen molar-refractivity contribution in [1.82, 2.24) is 15.1 Å². The lowest BCUT2D eigenvalue weighted by Gasteiger charge is -2.14. The van der Waals surface area contributed by atoms with Gasteiger partial charge in [0.25, 0.3) is 5.91 Å². The van der Waals surface area contributed by atoms with Gasteiger partial charge < -0.3 is 15.0 Å². The zero-order chi connectivity index (χ0) is 13.5. The van der Waals surface area contributed by atoms with E-state index in [0.29, 0.717) is 24.7 Å². The highest BCUT2D eigenvalue weighted by Gasteiger charge is 2.10. The van der Waals surface area contributed by atoms with Gasteiger partial charge in [0.15, 0.2) is 5.69 Å². The number of aromatic nitrogens is 2. The highest BCUT2D eigenvalue weighted by molar-refractivity contribution is 5.91. The molecule has 0 radical (unpaired) electrons. The summed E-state index contributed by atoms with van der Waals surface area (Å²) >= 11 is 0. The van der Waals surface area contributed by atoms with Crippen LogP contribution in [0.15, 0.2) is 12.1 Å². The summed E-state index contributed by atoms with van der Waals surface area (Å²) in [5.41, 5.74) is 0.336. The topological polar surface area (TPSA) is 67.3 Å². The van der Waals surface area contributed by atoms with Crippen LogP contribution >= 0.6 is 0 Å². The van der Waals surface area contributed by atoms with E-state index < -0.39 is 0 Å². The van der Waals surface area contributed by atoms with Crippen LogP contribution in [0, 0.1) is 0 Å². The maximum Gasteiger partial charge on any atom is 0.273 e. The van der Waals surface area contributed by atoms with E-state index >= 15 is 0 Å². The van der Waals surface area contributed by atoms with Crippen LogP contribution in [-0.4, -0.2) is 54.4 Å². The SMILES string of the molecule is CCOCC(C)Nc1ccc(C(=O)N(C)C)nn1. The first-order valence-electron chi connectivity index (χ1n) is 5.94. The molecule has 18 heavy (non-hydrogen) atoms. The van der Waals surface area contributed by atoms with Crippen molar-refractivity contribution < 1.29 is 9.53 Å². The summed E-state index contributed by atoms with van der Waals surface area (Å²) in [5.74, 6) is 0.480. The number of carbonyl (C=O) groups is 1. The standard InChI is InChI=1S/C12H20N4O2/c1-5-18-8-9(2)13-11-7-6-10(14-15-11)12(17)16(3)4/h6-7,9H,5,8H2,1-4H3,(H,13,15). The Morgan fingerprint density at radius 3 is 2.67 bits per heavy atom. The Balaban J connectivity index is 2.57. The summed E-state index contributed by atoms with van der Waals surface area (Å²) in [4.78, 5) is 13.1. The van der Waals surface area contributed by atoms with Crippen molar-refractivity contribution in [2.75, 3.05) is 32.6 Å². The van der Waals surface area contributed by atoms with Crippen LogP contribution in [0.2, 0.25) is 0 Å². The number of hydrogen-bond acceptors (Lipinski definition) is 5. The van der Waals surface area contributed by atoms with Crippen LogP contribution < -0.4 is 5.32 Å². The van der Waals surface area contributed by atoms with Crippen LogP contribution in [0.25, 0.3) is 0 Å². The van der Waals surface area contributed by atoms with E-state index in [1.807, 2.05) is 13.8 Å². The van der Waals surface area contributed by atoms with Gasteiger partial charge in [0.2, 0.25) is 0 Å². The molecule has 1 rings (SSSR count). The lowest BCUT2D eigenvalue weighted by Crippen LogP contribution is -2.24. The average molecular weight is 252 g/mol. The molecule has 1 aromatic rings. The molecule has 1 atom stereocenters. The molecule has 0 saturated carbocycles. The third-order valence-electron chi connectivity index (χ3n) is 2.26. The van der Waals surface area contributed by atoms with Crippen molar-refractivity contribution >= 4 is 11.7 Å². The molecular formula is C12H20N4O2. The van der Waals surface area contributed by atoms with Gasteiger partial charge in [0.05, 0.1) is 6.61 Å². The number of carbonyl (C=O) groups excluding carboxylic acids is 1. The molecule has 0 aliphatic carbocycles. The summed E-state index contributed by atoms with van der Waals surface area (Å²) < 4.78 is 5.29. The number of hydrogen-bond donors (Lipinski definition) is 1. The lowest BCUT2D eigenvalue weighted by molar-refractivity contribution is 0.0821. The lowest BCUT2D eigenvalue weighted by atomic mass is 10.3. The van der Waals surface area contributed by atoms with Crippen molar-refractivity contribution in [2.45, 2.75) is 19.9 Å². The van der Waals surface area contributed by atoms with Gasteiger partial charge in [-0.05, 0) is 26.0 Å². The Labute approximate surface area is 107 Å². The Morgan fingerprint density at radius 2 is 2.17 bits per heavy atom. The fourth-order valence-corrected chi connectivity index (χ4v) is 1.34. The highest BCUT2D eigenvalue weighted by atomic mass is 16.5. The van der Waals surface area contributed by atoms with Crippen LogP contribution in [0.4, 0.5) is 5.82 Å². The number of anilines is 1. The fraction of sp³-hybridized carbons (Fsp3) is 0.583. The van der Waals surface area contributed by atoms with E-state index in [-0.39, 0.29) is 11.9 Å². The van der Waals surface area contributed by atoms with E-state index in [4.69, 9.17) is 4.74 Å². The Morgan fingerprint density at radius 1 is 1.44 bits per heavy atom. The molecule has 6 nitrogen and oxygen atoms in total. The van der Waals surface area contributed by atoms with Crippen LogP contribution in [0.1, 0.15) is 24.3 Å². The number of nitrogens with zero attached hydrogens (tertiary/aromatic N) is 3. The molecule has 0 aromatic carbocycles. The highest BCUT2D eigenvalue weighted by Crippen LogP contribution is 2.05. The molecule has 0 spiro atoms. The average Bonchev–Trinajstić information content (AvgIpc) is 2.36. The normalized spacial score (nSPS) is 12.0. The molecule has 1 unspecified atom stereocenters. The molecule has 0 aliphatic rings. The molecule has 6 heteroatoms.